The minimum atomic E-state index is -0.255. The summed E-state index contributed by atoms with van der Waals surface area (Å²) < 4.78 is 5.95. The van der Waals surface area contributed by atoms with Crippen LogP contribution < -0.4 is 15.6 Å². The number of hydrogen-bond acceptors (Lipinski definition) is 5. The van der Waals surface area contributed by atoms with Crippen LogP contribution in [0, 0.1) is 6.92 Å². The van der Waals surface area contributed by atoms with Gasteiger partial charge in [-0.2, -0.15) is 0 Å². The summed E-state index contributed by atoms with van der Waals surface area (Å²) in [5, 5.41) is 2.91. The molecule has 156 valence electrons. The second-order valence-corrected chi connectivity index (χ2v) is 8.04. The molecular formula is C24H21N3O3S. The van der Waals surface area contributed by atoms with Gasteiger partial charge in [-0.3, -0.25) is 14.6 Å². The molecule has 0 bridgehead atoms. The number of hydrogen-bond donors (Lipinski definition) is 2. The number of benzene rings is 1. The number of aryl methyl sites for hydroxylation is 1. The van der Waals surface area contributed by atoms with Crippen molar-refractivity contribution in [2.24, 2.45) is 0 Å². The summed E-state index contributed by atoms with van der Waals surface area (Å²) in [4.78, 5) is 33.4. The Morgan fingerprint density at radius 2 is 1.94 bits per heavy atom. The number of aromatic nitrogens is 2. The van der Waals surface area contributed by atoms with Gasteiger partial charge in [0.25, 0.3) is 11.5 Å². The van der Waals surface area contributed by atoms with Gasteiger partial charge >= 0.3 is 0 Å². The maximum Gasteiger partial charge on any atom is 0.261 e. The van der Waals surface area contributed by atoms with E-state index in [1.165, 1.54) is 11.3 Å². The fourth-order valence-corrected chi connectivity index (χ4v) is 4.28. The molecule has 0 aliphatic carbocycles. The third kappa shape index (κ3) is 4.90. The molecule has 1 amide bonds. The van der Waals surface area contributed by atoms with Crippen molar-refractivity contribution < 1.29 is 9.53 Å². The van der Waals surface area contributed by atoms with Gasteiger partial charge in [0.05, 0.1) is 10.4 Å². The highest BCUT2D eigenvalue weighted by atomic mass is 32.1. The fourth-order valence-electron chi connectivity index (χ4n) is 3.15. The van der Waals surface area contributed by atoms with E-state index in [0.29, 0.717) is 34.2 Å². The molecule has 6 nitrogen and oxygen atoms in total. The van der Waals surface area contributed by atoms with E-state index < -0.39 is 0 Å². The van der Waals surface area contributed by atoms with Gasteiger partial charge in [-0.25, -0.2) is 0 Å². The van der Waals surface area contributed by atoms with Gasteiger partial charge in [-0.05, 0) is 41.8 Å². The average molecular weight is 432 g/mol. The molecule has 3 heterocycles. The highest BCUT2D eigenvalue weighted by molar-refractivity contribution is 7.17. The summed E-state index contributed by atoms with van der Waals surface area (Å²) >= 11 is 1.28. The van der Waals surface area contributed by atoms with E-state index in [9.17, 15) is 9.59 Å². The molecule has 2 N–H and O–H groups in total. The Balaban J connectivity index is 1.56. The number of amides is 1. The van der Waals surface area contributed by atoms with Gasteiger partial charge in [-0.1, -0.05) is 36.4 Å². The Labute approximate surface area is 183 Å². The molecule has 0 unspecified atom stereocenters. The van der Waals surface area contributed by atoms with Gasteiger partial charge in [0.2, 0.25) is 0 Å². The van der Waals surface area contributed by atoms with Gasteiger partial charge in [-0.15, -0.1) is 11.3 Å². The van der Waals surface area contributed by atoms with Crippen molar-refractivity contribution in [1.82, 2.24) is 15.3 Å². The van der Waals surface area contributed by atoms with E-state index in [2.05, 4.69) is 15.3 Å². The van der Waals surface area contributed by atoms with E-state index in [1.807, 2.05) is 55.5 Å². The van der Waals surface area contributed by atoms with Crippen molar-refractivity contribution in [1.29, 1.82) is 0 Å². The molecule has 3 aromatic heterocycles. The second kappa shape index (κ2) is 9.40. The third-order valence-corrected chi connectivity index (χ3v) is 5.96. The summed E-state index contributed by atoms with van der Waals surface area (Å²) in [6, 6.07) is 17.1. The number of H-pyrrole nitrogens is 1. The molecule has 0 aliphatic heterocycles. The Hall–Kier alpha value is -3.71. The van der Waals surface area contributed by atoms with Gasteiger partial charge < -0.3 is 15.0 Å². The van der Waals surface area contributed by atoms with Crippen LogP contribution in [0.15, 0.2) is 78.0 Å². The van der Waals surface area contributed by atoms with Crippen LogP contribution >= 0.6 is 11.3 Å². The van der Waals surface area contributed by atoms with Crippen molar-refractivity contribution in [3.8, 4) is 16.2 Å². The number of aromatic amines is 1. The lowest BCUT2D eigenvalue weighted by Gasteiger charge is -2.09. The first-order valence-electron chi connectivity index (χ1n) is 9.78. The van der Waals surface area contributed by atoms with Gasteiger partial charge in [0, 0.05) is 30.0 Å². The summed E-state index contributed by atoms with van der Waals surface area (Å²) in [5.41, 5.74) is 2.90. The first-order chi connectivity index (χ1) is 15.1. The van der Waals surface area contributed by atoms with Crippen LogP contribution in [-0.4, -0.2) is 15.9 Å². The van der Waals surface area contributed by atoms with Crippen LogP contribution in [0.1, 0.15) is 26.4 Å². The first-order valence-corrected chi connectivity index (χ1v) is 10.6. The Morgan fingerprint density at radius 1 is 1.13 bits per heavy atom. The van der Waals surface area contributed by atoms with Crippen LogP contribution in [0.4, 0.5) is 0 Å². The lowest BCUT2D eigenvalue weighted by Crippen LogP contribution is -2.22. The number of pyridine rings is 2. The number of carbonyl (C=O) groups excluding carboxylic acids is 1. The van der Waals surface area contributed by atoms with Gasteiger partial charge in [0.1, 0.15) is 12.4 Å². The van der Waals surface area contributed by atoms with Crippen LogP contribution in [0.3, 0.4) is 0 Å². The third-order valence-electron chi connectivity index (χ3n) is 4.71. The maximum absolute atomic E-state index is 12.7. The van der Waals surface area contributed by atoms with Crippen molar-refractivity contribution in [2.75, 3.05) is 0 Å². The Bertz CT molecular complexity index is 1230. The predicted molar refractivity (Wildman–Crippen MR) is 121 cm³/mol. The van der Waals surface area contributed by atoms with Crippen molar-refractivity contribution in [2.45, 2.75) is 20.1 Å². The highest BCUT2D eigenvalue weighted by Gasteiger charge is 2.19. The normalized spacial score (nSPS) is 10.6. The maximum atomic E-state index is 12.7. The molecule has 4 rings (SSSR count). The number of thiophene rings is 1. The second-order valence-electron chi connectivity index (χ2n) is 6.99. The molecule has 0 saturated carbocycles. The van der Waals surface area contributed by atoms with Gasteiger partial charge in [0.15, 0.2) is 0 Å². The summed E-state index contributed by atoms with van der Waals surface area (Å²) in [6.45, 7) is 2.59. The van der Waals surface area contributed by atoms with Crippen molar-refractivity contribution in [3.05, 3.63) is 105 Å². The molecule has 1 aromatic carbocycles. The van der Waals surface area contributed by atoms with E-state index in [-0.39, 0.29) is 11.5 Å². The quantitative estimate of drug-likeness (QED) is 0.457. The fraction of sp³-hybridized carbons (Fsp3) is 0.125. The van der Waals surface area contributed by atoms with E-state index in [1.54, 1.807) is 24.7 Å². The van der Waals surface area contributed by atoms with E-state index in [0.717, 1.165) is 16.7 Å². The summed E-state index contributed by atoms with van der Waals surface area (Å²) in [7, 11) is 0. The number of carbonyl (C=O) groups is 1. The van der Waals surface area contributed by atoms with E-state index >= 15 is 0 Å². The lowest BCUT2D eigenvalue weighted by molar-refractivity contribution is 0.0954. The number of nitrogens with zero attached hydrogens (tertiary/aromatic N) is 1. The van der Waals surface area contributed by atoms with Crippen LogP contribution in [0.5, 0.6) is 5.75 Å². The van der Waals surface area contributed by atoms with E-state index in [4.69, 9.17) is 4.74 Å². The number of nitrogens with one attached hydrogen (secondary N) is 2. The van der Waals surface area contributed by atoms with Crippen LogP contribution in [-0.2, 0) is 13.2 Å². The SMILES string of the molecule is Cc1cc(-c2c(OCc3ccccc3)cc[nH]c2=O)sc1C(=O)NCc1cccnc1. The van der Waals surface area contributed by atoms with Crippen molar-refractivity contribution in [3.63, 3.8) is 0 Å². The first kappa shape index (κ1) is 20.6. The standard InChI is InChI=1S/C24H21N3O3S/c1-16-12-20(31-22(16)24(29)27-14-18-8-5-10-25-13-18)21-19(9-11-26-23(21)28)30-15-17-6-3-2-4-7-17/h2-13H,14-15H2,1H3,(H,26,28)(H,27,29). The monoisotopic (exact) mass is 431 g/mol. The summed E-state index contributed by atoms with van der Waals surface area (Å²) in [5.74, 6) is 0.299. The zero-order valence-electron chi connectivity index (χ0n) is 16.9. The van der Waals surface area contributed by atoms with Crippen LogP contribution in [0.25, 0.3) is 10.4 Å². The molecule has 0 atom stereocenters. The smallest absolute Gasteiger partial charge is 0.261 e. The zero-order valence-corrected chi connectivity index (χ0v) is 17.7. The molecule has 0 saturated heterocycles. The number of ether oxygens (including phenoxy) is 1. The van der Waals surface area contributed by atoms with Crippen LogP contribution in [0.2, 0.25) is 0 Å². The predicted octanol–water partition coefficient (Wildman–Crippen LogP) is 4.32. The largest absolute Gasteiger partial charge is 0.488 e. The topological polar surface area (TPSA) is 84.1 Å². The molecular weight excluding hydrogens is 410 g/mol. The number of rotatable bonds is 7. The average Bonchev–Trinajstić information content (AvgIpc) is 3.18. The molecule has 0 fully saturated rings. The highest BCUT2D eigenvalue weighted by Crippen LogP contribution is 2.34. The molecule has 7 heteroatoms. The molecule has 31 heavy (non-hydrogen) atoms. The molecule has 0 spiro atoms. The molecule has 4 aromatic rings. The molecule has 0 aliphatic rings. The minimum Gasteiger partial charge on any atom is -0.488 e. The Kier molecular flexibility index (Phi) is 6.24. The summed E-state index contributed by atoms with van der Waals surface area (Å²) in [6.07, 6.45) is 4.97. The molecule has 0 radical (unpaired) electrons. The minimum absolute atomic E-state index is 0.184. The Morgan fingerprint density at radius 3 is 2.71 bits per heavy atom. The lowest BCUT2D eigenvalue weighted by atomic mass is 10.1. The van der Waals surface area contributed by atoms with Crippen molar-refractivity contribution >= 4 is 17.2 Å². The zero-order chi connectivity index (χ0) is 21.6.